The summed E-state index contributed by atoms with van der Waals surface area (Å²) in [6.07, 6.45) is -5.02. The van der Waals surface area contributed by atoms with Crippen LogP contribution in [0, 0.1) is 11.8 Å². The molecule has 0 aromatic heterocycles. The molecule has 1 saturated carbocycles. The molecule has 1 N–H and O–H groups in total. The Kier molecular flexibility index (Phi) is 7.38. The predicted molar refractivity (Wildman–Crippen MR) is 136 cm³/mol. The summed E-state index contributed by atoms with van der Waals surface area (Å²) in [6.45, 7) is 4.31. The standard InChI is InChI=1S/C30H33F6NO3/c1-17(27(38)39)26(20-4-5-20)21-6-3-19-7-8-28(40-25(19)15-21)9-11-37(12-10-28)18(2)22-13-23(29(31,32)33)16-24(14-22)30(34,35)36/h3,6,13-18,20,26H,4-5,7-12H2,1-2H3,(H,38,39)/t17-,18?,26-/m0/s1. The third-order valence-electron chi connectivity index (χ3n) is 9.06. The fourth-order valence-electron chi connectivity index (χ4n) is 6.41. The first-order chi connectivity index (χ1) is 18.7. The Balaban J connectivity index is 1.32. The lowest BCUT2D eigenvalue weighted by Crippen LogP contribution is -2.50. The molecular weight excluding hydrogens is 536 g/mol. The van der Waals surface area contributed by atoms with Crippen LogP contribution in [0.25, 0.3) is 0 Å². The first kappa shape index (κ1) is 28.8. The summed E-state index contributed by atoms with van der Waals surface area (Å²) in [5, 5.41) is 9.64. The number of likely N-dealkylation sites (tertiary alicyclic amines) is 1. The molecule has 3 atom stereocenters. The molecule has 3 aliphatic rings. The van der Waals surface area contributed by atoms with Crippen LogP contribution in [-0.4, -0.2) is 34.7 Å². The summed E-state index contributed by atoms with van der Waals surface area (Å²) in [5.74, 6) is -0.319. The van der Waals surface area contributed by atoms with Gasteiger partial charge in [-0.25, -0.2) is 0 Å². The molecule has 1 aliphatic carbocycles. The molecule has 2 heterocycles. The Bertz CT molecular complexity index is 1230. The highest BCUT2D eigenvalue weighted by Crippen LogP contribution is 2.49. The Hall–Kier alpha value is -2.75. The molecule has 0 bridgehead atoms. The highest BCUT2D eigenvalue weighted by molar-refractivity contribution is 5.71. The zero-order valence-corrected chi connectivity index (χ0v) is 22.4. The predicted octanol–water partition coefficient (Wildman–Crippen LogP) is 7.86. The maximum atomic E-state index is 13.4. The number of hydrogen-bond acceptors (Lipinski definition) is 3. The Morgan fingerprint density at radius 1 is 0.925 bits per heavy atom. The van der Waals surface area contributed by atoms with E-state index < -0.39 is 47.0 Å². The number of carboxylic acid groups (broad SMARTS) is 1. The average molecular weight is 570 g/mol. The summed E-state index contributed by atoms with van der Waals surface area (Å²) < 4.78 is 86.9. The molecule has 218 valence electrons. The van der Waals surface area contributed by atoms with Crippen molar-refractivity contribution in [2.24, 2.45) is 11.8 Å². The molecule has 0 radical (unpaired) electrons. The number of aliphatic carboxylic acids is 1. The number of ether oxygens (including phenoxy) is 1. The third kappa shape index (κ3) is 5.83. The van der Waals surface area contributed by atoms with E-state index in [1.54, 1.807) is 13.8 Å². The van der Waals surface area contributed by atoms with Gasteiger partial charge in [-0.1, -0.05) is 19.1 Å². The molecule has 2 aromatic carbocycles. The van der Waals surface area contributed by atoms with Gasteiger partial charge in [0.05, 0.1) is 17.0 Å². The van der Waals surface area contributed by atoms with Crippen LogP contribution in [0.4, 0.5) is 26.3 Å². The van der Waals surface area contributed by atoms with Gasteiger partial charge in [0, 0.05) is 19.1 Å². The van der Waals surface area contributed by atoms with E-state index in [0.29, 0.717) is 31.8 Å². The van der Waals surface area contributed by atoms with Crippen molar-refractivity contribution in [3.05, 3.63) is 64.2 Å². The maximum Gasteiger partial charge on any atom is 0.416 e. The second kappa shape index (κ2) is 10.3. The van der Waals surface area contributed by atoms with Gasteiger partial charge in [-0.3, -0.25) is 9.69 Å². The van der Waals surface area contributed by atoms with Crippen LogP contribution in [0.3, 0.4) is 0 Å². The van der Waals surface area contributed by atoms with E-state index in [-0.39, 0.29) is 17.5 Å². The van der Waals surface area contributed by atoms with Crippen LogP contribution in [-0.2, 0) is 23.6 Å². The number of halogens is 6. The lowest BCUT2D eigenvalue weighted by atomic mass is 9.80. The minimum Gasteiger partial charge on any atom is -0.487 e. The van der Waals surface area contributed by atoms with E-state index in [1.165, 1.54) is 0 Å². The molecule has 1 unspecified atom stereocenters. The summed E-state index contributed by atoms with van der Waals surface area (Å²) in [5.41, 5.74) is -1.07. The monoisotopic (exact) mass is 569 g/mol. The number of aryl methyl sites for hydroxylation is 1. The second-order valence-electron chi connectivity index (χ2n) is 11.7. The van der Waals surface area contributed by atoms with Crippen LogP contribution >= 0.6 is 0 Å². The number of carboxylic acids is 1. The zero-order chi connectivity index (χ0) is 29.0. The summed E-state index contributed by atoms with van der Waals surface area (Å²) >= 11 is 0. The quantitative estimate of drug-likeness (QED) is 0.360. The van der Waals surface area contributed by atoms with E-state index in [9.17, 15) is 36.2 Å². The molecule has 2 aliphatic heterocycles. The van der Waals surface area contributed by atoms with Crippen molar-refractivity contribution < 1.29 is 41.0 Å². The van der Waals surface area contributed by atoms with Gasteiger partial charge in [-0.05, 0) is 98.2 Å². The number of alkyl halides is 6. The van der Waals surface area contributed by atoms with Gasteiger partial charge < -0.3 is 9.84 Å². The van der Waals surface area contributed by atoms with E-state index in [1.807, 2.05) is 23.1 Å². The van der Waals surface area contributed by atoms with E-state index in [4.69, 9.17) is 4.74 Å². The van der Waals surface area contributed by atoms with E-state index in [2.05, 4.69) is 0 Å². The fraction of sp³-hybridized carbons (Fsp3) is 0.567. The average Bonchev–Trinajstić information content (AvgIpc) is 3.72. The minimum absolute atomic E-state index is 0.0173. The number of fused-ring (bicyclic) bond motifs is 1. The minimum atomic E-state index is -4.88. The molecule has 0 amide bonds. The van der Waals surface area contributed by atoms with Crippen molar-refractivity contribution in [3.8, 4) is 5.75 Å². The number of benzene rings is 2. The van der Waals surface area contributed by atoms with Gasteiger partial charge in [0.2, 0.25) is 0 Å². The topological polar surface area (TPSA) is 49.8 Å². The summed E-state index contributed by atoms with van der Waals surface area (Å²) in [4.78, 5) is 13.7. The lowest BCUT2D eigenvalue weighted by Gasteiger charge is -2.46. The smallest absolute Gasteiger partial charge is 0.416 e. The molecule has 2 aromatic rings. The number of hydrogen-bond donors (Lipinski definition) is 1. The summed E-state index contributed by atoms with van der Waals surface area (Å²) in [7, 11) is 0. The van der Waals surface area contributed by atoms with Crippen LogP contribution in [0.5, 0.6) is 5.75 Å². The van der Waals surface area contributed by atoms with Gasteiger partial charge in [-0.15, -0.1) is 0 Å². The molecular formula is C30H33F6NO3. The number of rotatable bonds is 6. The van der Waals surface area contributed by atoms with Crippen molar-refractivity contribution >= 4 is 5.97 Å². The van der Waals surface area contributed by atoms with Crippen molar-refractivity contribution in [2.45, 2.75) is 82.3 Å². The van der Waals surface area contributed by atoms with Crippen molar-refractivity contribution in [3.63, 3.8) is 0 Å². The van der Waals surface area contributed by atoms with E-state index >= 15 is 0 Å². The van der Waals surface area contributed by atoms with Gasteiger partial charge in [0.25, 0.3) is 0 Å². The first-order valence-corrected chi connectivity index (χ1v) is 13.7. The number of carbonyl (C=O) groups is 1. The Labute approximate surface area is 229 Å². The first-order valence-electron chi connectivity index (χ1n) is 13.7. The highest BCUT2D eigenvalue weighted by Gasteiger charge is 2.43. The molecule has 2 fully saturated rings. The maximum absolute atomic E-state index is 13.4. The van der Waals surface area contributed by atoms with Gasteiger partial charge in [0.1, 0.15) is 11.4 Å². The molecule has 5 rings (SSSR count). The zero-order valence-electron chi connectivity index (χ0n) is 22.4. The van der Waals surface area contributed by atoms with Crippen molar-refractivity contribution in [1.82, 2.24) is 4.90 Å². The largest absolute Gasteiger partial charge is 0.487 e. The van der Waals surface area contributed by atoms with Gasteiger partial charge in [0.15, 0.2) is 0 Å². The lowest BCUT2D eigenvalue weighted by molar-refractivity contribution is -0.144. The molecule has 10 heteroatoms. The van der Waals surface area contributed by atoms with Crippen LogP contribution in [0.1, 0.15) is 85.7 Å². The number of nitrogens with zero attached hydrogens (tertiary/aromatic N) is 1. The Morgan fingerprint density at radius 2 is 1.52 bits per heavy atom. The second-order valence-corrected chi connectivity index (χ2v) is 11.7. The van der Waals surface area contributed by atoms with Crippen LogP contribution in [0.2, 0.25) is 0 Å². The van der Waals surface area contributed by atoms with Gasteiger partial charge >= 0.3 is 18.3 Å². The van der Waals surface area contributed by atoms with Crippen molar-refractivity contribution in [2.75, 3.05) is 13.1 Å². The molecule has 40 heavy (non-hydrogen) atoms. The SMILES string of the molecule is CC(c1cc(C(F)(F)F)cc(C(F)(F)F)c1)N1CCC2(CCc3ccc([C@H](C4CC4)[C@H](C)C(=O)O)cc3O2)CC1. The number of piperidine rings is 1. The van der Waals surface area contributed by atoms with E-state index in [0.717, 1.165) is 54.7 Å². The summed E-state index contributed by atoms with van der Waals surface area (Å²) in [6, 6.07) is 7.16. The molecule has 4 nitrogen and oxygen atoms in total. The molecule has 1 spiro atoms. The Morgan fingerprint density at radius 3 is 2.05 bits per heavy atom. The van der Waals surface area contributed by atoms with Crippen molar-refractivity contribution in [1.29, 1.82) is 0 Å². The normalized spacial score (nSPS) is 21.8. The molecule has 1 saturated heterocycles. The van der Waals surface area contributed by atoms with Crippen LogP contribution in [0.15, 0.2) is 36.4 Å². The third-order valence-corrected chi connectivity index (χ3v) is 9.06. The highest BCUT2D eigenvalue weighted by atomic mass is 19.4. The fourth-order valence-corrected chi connectivity index (χ4v) is 6.41. The van der Waals surface area contributed by atoms with Crippen LogP contribution < -0.4 is 4.74 Å². The van der Waals surface area contributed by atoms with Gasteiger partial charge in [-0.2, -0.15) is 26.3 Å².